The molecule has 0 saturated heterocycles. The summed E-state index contributed by atoms with van der Waals surface area (Å²) in [6.07, 6.45) is 2.23. The minimum absolute atomic E-state index is 0.452. The highest BCUT2D eigenvalue weighted by Crippen LogP contribution is 2.40. The molecule has 11 rings (SSSR count). The van der Waals surface area contributed by atoms with Crippen molar-refractivity contribution in [3.8, 4) is 67.3 Å². The molecule has 1 aromatic heterocycles. The molecule has 67 heavy (non-hydrogen) atoms. The normalized spacial score (nSPS) is 12.6. The zero-order chi connectivity index (χ0) is 44.9. The van der Waals surface area contributed by atoms with E-state index in [1.807, 2.05) is 72.8 Å². The van der Waals surface area contributed by atoms with Crippen LogP contribution in [-0.4, -0.2) is 15.7 Å². The van der Waals surface area contributed by atoms with Gasteiger partial charge in [0.25, 0.3) is 0 Å². The number of fused-ring (bicyclic) bond motifs is 1. The first-order valence-electron chi connectivity index (χ1n) is 22.6. The number of aromatic nitrogens is 2. The Hall–Kier alpha value is -8.99. The molecule has 0 fully saturated rings. The van der Waals surface area contributed by atoms with Crippen LogP contribution in [0.15, 0.2) is 249 Å². The first-order chi connectivity index (χ1) is 33.1. The predicted octanol–water partition coefficient (Wildman–Crippen LogP) is 15.5. The maximum atomic E-state index is 9.67. The van der Waals surface area contributed by atoms with E-state index in [9.17, 15) is 5.41 Å². The van der Waals surface area contributed by atoms with E-state index in [-0.39, 0.29) is 0 Å². The monoisotopic (exact) mass is 856 g/mol. The molecule has 4 nitrogen and oxygen atoms in total. The van der Waals surface area contributed by atoms with Gasteiger partial charge in [-0.2, -0.15) is 0 Å². The Morgan fingerprint density at radius 2 is 0.791 bits per heavy atom. The topological polar surface area (TPSA) is 61.7 Å². The third-order valence-electron chi connectivity index (χ3n) is 12.3. The van der Waals surface area contributed by atoms with Gasteiger partial charge in [-0.15, -0.1) is 0 Å². The summed E-state index contributed by atoms with van der Waals surface area (Å²) in [5.74, 6) is 0.666. The highest BCUT2D eigenvalue weighted by Gasteiger charge is 2.24. The lowest BCUT2D eigenvalue weighted by Gasteiger charge is -2.26. The number of nitrogens with zero attached hydrogens (tertiary/aromatic N) is 2. The molecule has 2 heterocycles. The molecule has 0 amide bonds. The van der Waals surface area contributed by atoms with Gasteiger partial charge in [-0.25, -0.2) is 9.97 Å². The van der Waals surface area contributed by atoms with E-state index in [2.05, 4.69) is 187 Å². The molecule has 0 saturated carbocycles. The van der Waals surface area contributed by atoms with Gasteiger partial charge in [0.05, 0.1) is 22.8 Å². The number of benzene rings is 9. The highest BCUT2D eigenvalue weighted by molar-refractivity contribution is 6.36. The van der Waals surface area contributed by atoms with E-state index in [4.69, 9.17) is 9.97 Å². The standard InChI is InChI=1S/C63H44N4/c64-61(47-28-15-5-16-29-47)60(46-26-13-4-14-27-46)62-56-35-34-50(37-54(56)41-57(65-62)45-24-11-3-12-25-45)49-32-19-33-51(36-49)58-42-59(67-63(66-58)48-30-17-6-18-31-48)55-39-52(43-20-7-1-8-21-43)38-53(40-55)44-22-9-2-10-23-44/h1-42,64-65H/b62-60-,64-61?. The van der Waals surface area contributed by atoms with E-state index < -0.39 is 0 Å². The van der Waals surface area contributed by atoms with Crippen LogP contribution < -0.4 is 5.32 Å². The van der Waals surface area contributed by atoms with Crippen molar-refractivity contribution >= 4 is 28.8 Å². The molecule has 1 aliphatic rings. The van der Waals surface area contributed by atoms with Crippen LogP contribution in [-0.2, 0) is 0 Å². The van der Waals surface area contributed by atoms with Gasteiger partial charge in [-0.05, 0) is 92.5 Å². The minimum atomic E-state index is 0.452. The van der Waals surface area contributed by atoms with Crippen LogP contribution in [0, 0.1) is 5.41 Å². The molecular formula is C63H44N4. The van der Waals surface area contributed by atoms with Crippen LogP contribution in [0.2, 0.25) is 0 Å². The molecule has 0 radical (unpaired) electrons. The van der Waals surface area contributed by atoms with Crippen LogP contribution in [0.3, 0.4) is 0 Å². The third kappa shape index (κ3) is 8.55. The maximum absolute atomic E-state index is 9.67. The molecule has 10 aromatic rings. The van der Waals surface area contributed by atoms with Gasteiger partial charge < -0.3 is 5.32 Å². The molecule has 2 N–H and O–H groups in total. The molecule has 0 bridgehead atoms. The van der Waals surface area contributed by atoms with Crippen molar-refractivity contribution in [1.29, 1.82) is 5.41 Å². The Balaban J connectivity index is 1.05. The van der Waals surface area contributed by atoms with Crippen molar-refractivity contribution in [2.75, 3.05) is 0 Å². The summed E-state index contributed by atoms with van der Waals surface area (Å²) in [7, 11) is 0. The van der Waals surface area contributed by atoms with Crippen molar-refractivity contribution < 1.29 is 0 Å². The first kappa shape index (κ1) is 40.8. The minimum Gasteiger partial charge on any atom is -0.354 e. The van der Waals surface area contributed by atoms with E-state index in [0.717, 1.165) is 106 Å². The molecule has 9 aromatic carbocycles. The molecule has 0 aliphatic carbocycles. The van der Waals surface area contributed by atoms with Gasteiger partial charge in [0, 0.05) is 39.1 Å². The zero-order valence-corrected chi connectivity index (χ0v) is 36.6. The number of hydrogen-bond donors (Lipinski definition) is 2. The summed E-state index contributed by atoms with van der Waals surface area (Å²) in [4.78, 5) is 10.5. The summed E-state index contributed by atoms with van der Waals surface area (Å²) in [5.41, 5.74) is 19.4. The fourth-order valence-electron chi connectivity index (χ4n) is 8.91. The Morgan fingerprint density at radius 3 is 1.39 bits per heavy atom. The average molecular weight is 857 g/mol. The summed E-state index contributed by atoms with van der Waals surface area (Å²) in [6, 6.07) is 86.2. The molecule has 0 spiro atoms. The quantitative estimate of drug-likeness (QED) is 0.135. The number of allylic oxidation sites excluding steroid dienone is 1. The fourth-order valence-corrected chi connectivity index (χ4v) is 8.91. The molecule has 0 unspecified atom stereocenters. The van der Waals surface area contributed by atoms with Crippen LogP contribution in [0.4, 0.5) is 0 Å². The summed E-state index contributed by atoms with van der Waals surface area (Å²) < 4.78 is 0. The Morgan fingerprint density at radius 1 is 0.343 bits per heavy atom. The van der Waals surface area contributed by atoms with Gasteiger partial charge in [-0.1, -0.05) is 212 Å². The molecule has 1 aliphatic heterocycles. The average Bonchev–Trinajstić information content (AvgIpc) is 3.42. The highest BCUT2D eigenvalue weighted by atomic mass is 14.9. The smallest absolute Gasteiger partial charge is 0.160 e. The Labute approximate surface area is 391 Å². The van der Waals surface area contributed by atoms with E-state index in [1.54, 1.807) is 0 Å². The van der Waals surface area contributed by atoms with Crippen molar-refractivity contribution in [2.24, 2.45) is 0 Å². The van der Waals surface area contributed by atoms with Crippen molar-refractivity contribution in [1.82, 2.24) is 15.3 Å². The van der Waals surface area contributed by atoms with Gasteiger partial charge in [0.15, 0.2) is 5.82 Å². The lowest BCUT2D eigenvalue weighted by atomic mass is 9.86. The number of hydrogen-bond acceptors (Lipinski definition) is 4. The molecule has 316 valence electrons. The lowest BCUT2D eigenvalue weighted by molar-refractivity contribution is 1.18. The second kappa shape index (κ2) is 18.2. The predicted molar refractivity (Wildman–Crippen MR) is 279 cm³/mol. The van der Waals surface area contributed by atoms with Gasteiger partial charge in [-0.3, -0.25) is 5.41 Å². The molecular weight excluding hydrogens is 813 g/mol. The zero-order valence-electron chi connectivity index (χ0n) is 36.6. The van der Waals surface area contributed by atoms with Gasteiger partial charge in [0.2, 0.25) is 0 Å². The summed E-state index contributed by atoms with van der Waals surface area (Å²) in [5, 5.41) is 13.5. The van der Waals surface area contributed by atoms with E-state index in [0.29, 0.717) is 11.5 Å². The number of nitrogens with one attached hydrogen (secondary N) is 2. The number of rotatable bonds is 10. The van der Waals surface area contributed by atoms with Crippen molar-refractivity contribution in [2.45, 2.75) is 0 Å². The van der Waals surface area contributed by atoms with Crippen LogP contribution in [0.5, 0.6) is 0 Å². The Kier molecular flexibility index (Phi) is 11.1. The molecule has 4 heteroatoms. The van der Waals surface area contributed by atoms with Crippen molar-refractivity contribution in [3.05, 3.63) is 277 Å². The Bertz CT molecular complexity index is 3400. The third-order valence-corrected chi connectivity index (χ3v) is 12.3. The summed E-state index contributed by atoms with van der Waals surface area (Å²) >= 11 is 0. The van der Waals surface area contributed by atoms with Crippen LogP contribution >= 0.6 is 0 Å². The molecule has 0 atom stereocenters. The fraction of sp³-hybridized carbons (Fsp3) is 0. The SMILES string of the molecule is N=C(/C(=C1\NC(c2ccccc2)=Cc2cc(-c3cccc(-c4cc(-c5cc(-c6ccccc6)cc(-c6ccccc6)c5)nc(-c5ccccc5)n4)c3)ccc21)c1ccccc1)c1ccccc1. The van der Waals surface area contributed by atoms with Crippen LogP contribution in [0.1, 0.15) is 27.8 Å². The van der Waals surface area contributed by atoms with Crippen LogP contribution in [0.25, 0.3) is 90.3 Å². The van der Waals surface area contributed by atoms with Gasteiger partial charge >= 0.3 is 0 Å². The lowest BCUT2D eigenvalue weighted by Crippen LogP contribution is -2.20. The summed E-state index contributed by atoms with van der Waals surface area (Å²) in [6.45, 7) is 0. The van der Waals surface area contributed by atoms with Gasteiger partial charge in [0.1, 0.15) is 0 Å². The second-order valence-corrected chi connectivity index (χ2v) is 16.6. The first-order valence-corrected chi connectivity index (χ1v) is 22.6. The van der Waals surface area contributed by atoms with E-state index in [1.165, 1.54) is 0 Å². The van der Waals surface area contributed by atoms with Crippen molar-refractivity contribution in [3.63, 3.8) is 0 Å². The maximum Gasteiger partial charge on any atom is 0.160 e. The largest absolute Gasteiger partial charge is 0.354 e. The second-order valence-electron chi connectivity index (χ2n) is 16.6. The van der Waals surface area contributed by atoms with E-state index >= 15 is 0 Å².